The van der Waals surface area contributed by atoms with E-state index in [1.165, 1.54) is 0 Å². The second-order valence-corrected chi connectivity index (χ2v) is 3.76. The van der Waals surface area contributed by atoms with Gasteiger partial charge in [-0.1, -0.05) is 12.1 Å². The highest BCUT2D eigenvalue weighted by molar-refractivity contribution is 5.77. The van der Waals surface area contributed by atoms with Crippen LogP contribution in [0.1, 0.15) is 24.5 Å². The highest BCUT2D eigenvalue weighted by Gasteiger charge is 2.28. The second-order valence-electron chi connectivity index (χ2n) is 3.76. The molecule has 0 spiro atoms. The zero-order chi connectivity index (χ0) is 9.54. The number of benzene rings is 1. The van der Waals surface area contributed by atoms with Crippen molar-refractivity contribution in [3.63, 3.8) is 0 Å². The SMILES string of the molecule is O=c1c(C2CC2)n[nH]c2ccccc12. The number of nitrogens with zero attached hydrogens (tertiary/aromatic N) is 1. The molecule has 0 saturated heterocycles. The Bertz CT molecular complexity index is 540. The van der Waals surface area contributed by atoms with Gasteiger partial charge in [-0.3, -0.25) is 9.89 Å². The van der Waals surface area contributed by atoms with Gasteiger partial charge in [-0.25, -0.2) is 0 Å². The van der Waals surface area contributed by atoms with Crippen LogP contribution in [0.4, 0.5) is 0 Å². The molecule has 3 heteroatoms. The Morgan fingerprint density at radius 1 is 1.29 bits per heavy atom. The van der Waals surface area contributed by atoms with Gasteiger partial charge in [0.1, 0.15) is 5.69 Å². The van der Waals surface area contributed by atoms with Crippen molar-refractivity contribution in [2.45, 2.75) is 18.8 Å². The molecule has 1 aromatic carbocycles. The summed E-state index contributed by atoms with van der Waals surface area (Å²) in [5.41, 5.74) is 1.63. The van der Waals surface area contributed by atoms with E-state index in [-0.39, 0.29) is 5.43 Å². The van der Waals surface area contributed by atoms with Gasteiger partial charge < -0.3 is 0 Å². The molecule has 0 amide bonds. The lowest BCUT2D eigenvalue weighted by molar-refractivity contribution is 0.920. The van der Waals surface area contributed by atoms with Crippen molar-refractivity contribution in [3.8, 4) is 0 Å². The normalized spacial score (nSPS) is 16.0. The monoisotopic (exact) mass is 186 g/mol. The van der Waals surface area contributed by atoms with Crippen LogP contribution in [0, 0.1) is 0 Å². The minimum Gasteiger partial charge on any atom is -0.287 e. The molecule has 0 aliphatic heterocycles. The third kappa shape index (κ3) is 1.05. The maximum absolute atomic E-state index is 11.9. The molecule has 14 heavy (non-hydrogen) atoms. The van der Waals surface area contributed by atoms with E-state index < -0.39 is 0 Å². The molecule has 1 aliphatic rings. The number of fused-ring (bicyclic) bond motifs is 1. The zero-order valence-electron chi connectivity index (χ0n) is 7.66. The van der Waals surface area contributed by atoms with Crippen LogP contribution in [-0.4, -0.2) is 10.2 Å². The van der Waals surface area contributed by atoms with Crippen molar-refractivity contribution in [2.75, 3.05) is 0 Å². The summed E-state index contributed by atoms with van der Waals surface area (Å²) < 4.78 is 0. The first-order valence-electron chi connectivity index (χ1n) is 4.83. The third-order valence-corrected chi connectivity index (χ3v) is 2.67. The molecule has 0 bridgehead atoms. The number of H-pyrrole nitrogens is 1. The smallest absolute Gasteiger partial charge is 0.211 e. The predicted octanol–water partition coefficient (Wildman–Crippen LogP) is 1.80. The summed E-state index contributed by atoms with van der Waals surface area (Å²) in [6.07, 6.45) is 2.21. The molecule has 0 unspecified atom stereocenters. The van der Waals surface area contributed by atoms with Gasteiger partial charge in [0.2, 0.25) is 5.43 Å². The summed E-state index contributed by atoms with van der Waals surface area (Å²) in [5.74, 6) is 0.406. The van der Waals surface area contributed by atoms with Gasteiger partial charge in [-0.2, -0.15) is 5.10 Å². The molecule has 0 radical (unpaired) electrons. The van der Waals surface area contributed by atoms with Gasteiger partial charge in [0, 0.05) is 11.3 Å². The van der Waals surface area contributed by atoms with Crippen LogP contribution in [0.15, 0.2) is 29.1 Å². The van der Waals surface area contributed by atoms with Gasteiger partial charge in [0.15, 0.2) is 0 Å². The van der Waals surface area contributed by atoms with Gasteiger partial charge in [0.05, 0.1) is 5.52 Å². The Balaban J connectivity index is 2.36. The molecule has 0 atom stereocenters. The molecule has 1 saturated carbocycles. The van der Waals surface area contributed by atoms with Crippen LogP contribution >= 0.6 is 0 Å². The third-order valence-electron chi connectivity index (χ3n) is 2.67. The van der Waals surface area contributed by atoms with Crippen molar-refractivity contribution < 1.29 is 0 Å². The van der Waals surface area contributed by atoms with Crippen molar-refractivity contribution in [1.82, 2.24) is 10.2 Å². The summed E-state index contributed by atoms with van der Waals surface area (Å²) >= 11 is 0. The molecule has 1 N–H and O–H groups in total. The summed E-state index contributed by atoms with van der Waals surface area (Å²) in [4.78, 5) is 11.9. The number of aromatic nitrogens is 2. The van der Waals surface area contributed by atoms with E-state index in [9.17, 15) is 4.79 Å². The van der Waals surface area contributed by atoms with E-state index in [1.807, 2.05) is 24.3 Å². The zero-order valence-corrected chi connectivity index (χ0v) is 7.66. The molecule has 70 valence electrons. The minimum atomic E-state index is 0.0989. The van der Waals surface area contributed by atoms with Crippen molar-refractivity contribution in [3.05, 3.63) is 40.2 Å². The fourth-order valence-corrected chi connectivity index (χ4v) is 1.72. The van der Waals surface area contributed by atoms with E-state index >= 15 is 0 Å². The fourth-order valence-electron chi connectivity index (χ4n) is 1.72. The topological polar surface area (TPSA) is 45.8 Å². The van der Waals surface area contributed by atoms with E-state index in [0.29, 0.717) is 11.6 Å². The number of rotatable bonds is 1. The molecule has 1 heterocycles. The van der Waals surface area contributed by atoms with Crippen molar-refractivity contribution in [2.24, 2.45) is 0 Å². The Hall–Kier alpha value is -1.64. The number of aromatic amines is 1. The number of hydrogen-bond acceptors (Lipinski definition) is 2. The van der Waals surface area contributed by atoms with Gasteiger partial charge in [0.25, 0.3) is 0 Å². The van der Waals surface area contributed by atoms with Crippen LogP contribution in [0.5, 0.6) is 0 Å². The average molecular weight is 186 g/mol. The molecular formula is C11H10N2O. The quantitative estimate of drug-likeness (QED) is 0.738. The maximum atomic E-state index is 11.9. The molecule has 1 aliphatic carbocycles. The Morgan fingerprint density at radius 3 is 2.86 bits per heavy atom. The Kier molecular flexibility index (Phi) is 1.48. The number of nitrogens with one attached hydrogen (secondary N) is 1. The lowest BCUT2D eigenvalue weighted by Gasteiger charge is -1.99. The first-order chi connectivity index (χ1) is 6.86. The maximum Gasteiger partial charge on any atom is 0.211 e. The summed E-state index contributed by atoms with van der Waals surface area (Å²) in [5, 5.41) is 7.82. The number of hydrogen-bond donors (Lipinski definition) is 1. The molecule has 1 fully saturated rings. The average Bonchev–Trinajstić information content (AvgIpc) is 3.03. The van der Waals surface area contributed by atoms with Gasteiger partial charge in [-0.05, 0) is 25.0 Å². The van der Waals surface area contributed by atoms with E-state index in [4.69, 9.17) is 0 Å². The summed E-state index contributed by atoms with van der Waals surface area (Å²) in [7, 11) is 0. The van der Waals surface area contributed by atoms with E-state index in [0.717, 1.165) is 23.7 Å². The van der Waals surface area contributed by atoms with Crippen LogP contribution in [0.2, 0.25) is 0 Å². The molecule has 3 nitrogen and oxygen atoms in total. The molecule has 2 aromatic rings. The van der Waals surface area contributed by atoms with E-state index in [2.05, 4.69) is 10.2 Å². The predicted molar refractivity (Wildman–Crippen MR) is 54.3 cm³/mol. The molecule has 1 aromatic heterocycles. The van der Waals surface area contributed by atoms with Crippen molar-refractivity contribution in [1.29, 1.82) is 0 Å². The molecule has 3 rings (SSSR count). The Labute approximate surface area is 80.8 Å². The first kappa shape index (κ1) is 7.74. The molecular weight excluding hydrogens is 176 g/mol. The minimum absolute atomic E-state index is 0.0989. The van der Waals surface area contributed by atoms with Crippen LogP contribution < -0.4 is 5.43 Å². The van der Waals surface area contributed by atoms with Crippen LogP contribution in [0.25, 0.3) is 10.9 Å². The largest absolute Gasteiger partial charge is 0.287 e. The number of para-hydroxylation sites is 1. The highest BCUT2D eigenvalue weighted by atomic mass is 16.1. The summed E-state index contributed by atoms with van der Waals surface area (Å²) in [6.45, 7) is 0. The standard InChI is InChI=1S/C11H10N2O/c14-11-8-3-1-2-4-9(8)12-13-10(11)7-5-6-7/h1-4,7H,5-6H2,(H,12,14). The van der Waals surface area contributed by atoms with Crippen LogP contribution in [0.3, 0.4) is 0 Å². The van der Waals surface area contributed by atoms with E-state index in [1.54, 1.807) is 0 Å². The first-order valence-corrected chi connectivity index (χ1v) is 4.83. The summed E-state index contributed by atoms with van der Waals surface area (Å²) in [6, 6.07) is 7.51. The van der Waals surface area contributed by atoms with Crippen molar-refractivity contribution >= 4 is 10.9 Å². The van der Waals surface area contributed by atoms with Gasteiger partial charge in [-0.15, -0.1) is 0 Å². The highest BCUT2D eigenvalue weighted by Crippen LogP contribution is 2.37. The second kappa shape index (κ2) is 2.67. The lowest BCUT2D eigenvalue weighted by Crippen LogP contribution is -2.12. The van der Waals surface area contributed by atoms with Crippen LogP contribution in [-0.2, 0) is 0 Å². The lowest BCUT2D eigenvalue weighted by atomic mass is 10.1. The fraction of sp³-hybridized carbons (Fsp3) is 0.273. The Morgan fingerprint density at radius 2 is 2.07 bits per heavy atom. The van der Waals surface area contributed by atoms with Gasteiger partial charge >= 0.3 is 0 Å².